The number of imidazole rings is 1. The van der Waals surface area contributed by atoms with Crippen LogP contribution in [0.2, 0.25) is 5.02 Å². The molecule has 2 heterocycles. The Balaban J connectivity index is 1.70. The van der Waals surface area contributed by atoms with Crippen LogP contribution in [0.1, 0.15) is 55.1 Å². The summed E-state index contributed by atoms with van der Waals surface area (Å²) in [4.78, 5) is 29.7. The smallest absolute Gasteiger partial charge is 0.251 e. The van der Waals surface area contributed by atoms with Crippen LogP contribution in [-0.4, -0.2) is 44.6 Å². The number of nitrogens with one attached hydrogen (secondary N) is 1. The van der Waals surface area contributed by atoms with Gasteiger partial charge in [-0.2, -0.15) is 0 Å². The number of primary amides is 1. The number of benzene rings is 2. The molecule has 0 aliphatic carbocycles. The summed E-state index contributed by atoms with van der Waals surface area (Å²) in [6, 6.07) is 15.0. The number of hydrogen-bond acceptors (Lipinski definition) is 5. The zero-order valence-corrected chi connectivity index (χ0v) is 25.1. The van der Waals surface area contributed by atoms with Gasteiger partial charge in [-0.25, -0.2) is 4.98 Å². The Kier molecular flexibility index (Phi) is 8.87. The Hall–Kier alpha value is -3.40. The van der Waals surface area contributed by atoms with Crippen LogP contribution in [0.25, 0.3) is 16.9 Å². The lowest BCUT2D eigenvalue weighted by molar-refractivity contribution is -0.136. The van der Waals surface area contributed by atoms with Crippen molar-refractivity contribution < 1.29 is 19.4 Å². The molecule has 0 spiro atoms. The Morgan fingerprint density at radius 1 is 1.18 bits per heavy atom. The summed E-state index contributed by atoms with van der Waals surface area (Å²) in [5.41, 5.74) is 8.42. The number of carbonyl (C=O) groups is 2. The first kappa shape index (κ1) is 29.6. The number of halogens is 2. The SMILES string of the molecule is CC(C)Oc1ccc(C(N)=O)c(C(CNC(=O)C(C)(C)O)Cc2ccc(-c3cn4cccc(Br)c4n3)cc2)c1Cl. The van der Waals surface area contributed by atoms with Gasteiger partial charge in [-0.1, -0.05) is 35.9 Å². The number of aliphatic hydroxyl groups is 1. The number of aromatic nitrogens is 2. The van der Waals surface area contributed by atoms with Gasteiger partial charge >= 0.3 is 0 Å². The van der Waals surface area contributed by atoms with Crippen molar-refractivity contribution in [3.8, 4) is 17.0 Å². The average Bonchev–Trinajstić information content (AvgIpc) is 3.33. The Morgan fingerprint density at radius 3 is 2.48 bits per heavy atom. The van der Waals surface area contributed by atoms with E-state index < -0.39 is 23.3 Å². The quantitative estimate of drug-likeness (QED) is 0.214. The number of hydrogen-bond donors (Lipinski definition) is 3. The lowest BCUT2D eigenvalue weighted by atomic mass is 9.87. The van der Waals surface area contributed by atoms with Crippen molar-refractivity contribution in [3.05, 3.63) is 87.1 Å². The lowest BCUT2D eigenvalue weighted by Gasteiger charge is -2.25. The summed E-state index contributed by atoms with van der Waals surface area (Å²) < 4.78 is 8.73. The highest BCUT2D eigenvalue weighted by molar-refractivity contribution is 9.10. The van der Waals surface area contributed by atoms with Gasteiger partial charge in [-0.15, -0.1) is 0 Å². The van der Waals surface area contributed by atoms with Gasteiger partial charge in [0.05, 0.1) is 21.3 Å². The first-order chi connectivity index (χ1) is 18.8. The van der Waals surface area contributed by atoms with E-state index in [-0.39, 0.29) is 23.2 Å². The monoisotopic (exact) mass is 626 g/mol. The molecule has 10 heteroatoms. The topological polar surface area (TPSA) is 119 Å². The summed E-state index contributed by atoms with van der Waals surface area (Å²) in [6.07, 6.45) is 4.18. The minimum Gasteiger partial charge on any atom is -0.489 e. The Morgan fingerprint density at radius 2 is 1.88 bits per heavy atom. The maximum atomic E-state index is 12.5. The summed E-state index contributed by atoms with van der Waals surface area (Å²) in [7, 11) is 0. The fraction of sp³-hybridized carbons (Fsp3) is 0.300. The molecular weight excluding hydrogens is 596 g/mol. The summed E-state index contributed by atoms with van der Waals surface area (Å²) in [5, 5.41) is 13.2. The number of fused-ring (bicyclic) bond motifs is 1. The molecule has 4 rings (SSSR count). The molecule has 1 atom stereocenters. The van der Waals surface area contributed by atoms with Gasteiger partial charge in [-0.05, 0) is 85.4 Å². The first-order valence-corrected chi connectivity index (χ1v) is 14.0. The van der Waals surface area contributed by atoms with E-state index in [0.717, 1.165) is 26.9 Å². The molecule has 0 saturated carbocycles. The van der Waals surface area contributed by atoms with Crippen molar-refractivity contribution in [1.82, 2.24) is 14.7 Å². The minimum atomic E-state index is -1.58. The third kappa shape index (κ3) is 6.66. The number of carbonyl (C=O) groups excluding carboxylic acids is 2. The molecule has 210 valence electrons. The molecule has 0 radical (unpaired) electrons. The third-order valence-corrected chi connectivity index (χ3v) is 7.42. The fourth-order valence-corrected chi connectivity index (χ4v) is 5.26. The molecule has 1 unspecified atom stereocenters. The predicted octanol–water partition coefficient (Wildman–Crippen LogP) is 5.52. The first-order valence-electron chi connectivity index (χ1n) is 12.9. The average molecular weight is 628 g/mol. The van der Waals surface area contributed by atoms with E-state index >= 15 is 0 Å². The van der Waals surface area contributed by atoms with Crippen LogP contribution < -0.4 is 15.8 Å². The van der Waals surface area contributed by atoms with Crippen molar-refractivity contribution in [3.63, 3.8) is 0 Å². The van der Waals surface area contributed by atoms with E-state index in [9.17, 15) is 14.7 Å². The van der Waals surface area contributed by atoms with Gasteiger partial charge < -0.3 is 25.3 Å². The van der Waals surface area contributed by atoms with Crippen LogP contribution in [0, 0.1) is 0 Å². The number of pyridine rings is 1. The van der Waals surface area contributed by atoms with Crippen LogP contribution in [0.3, 0.4) is 0 Å². The van der Waals surface area contributed by atoms with E-state index in [0.29, 0.717) is 17.7 Å². The molecule has 0 bridgehead atoms. The van der Waals surface area contributed by atoms with Gasteiger partial charge in [-0.3, -0.25) is 9.59 Å². The zero-order valence-electron chi connectivity index (χ0n) is 22.7. The molecule has 4 N–H and O–H groups in total. The summed E-state index contributed by atoms with van der Waals surface area (Å²) in [5.74, 6) is -1.21. The van der Waals surface area contributed by atoms with E-state index in [1.54, 1.807) is 12.1 Å². The molecule has 40 heavy (non-hydrogen) atoms. The molecule has 8 nitrogen and oxygen atoms in total. The Bertz CT molecular complexity index is 1540. The van der Waals surface area contributed by atoms with Crippen LogP contribution in [0.5, 0.6) is 5.75 Å². The molecular formula is C30H32BrClN4O4. The number of ether oxygens (including phenoxy) is 1. The minimum absolute atomic E-state index is 0.107. The number of nitrogens with zero attached hydrogens (tertiary/aromatic N) is 2. The highest BCUT2D eigenvalue weighted by Gasteiger charge is 2.28. The van der Waals surface area contributed by atoms with E-state index in [1.807, 2.05) is 67.0 Å². The van der Waals surface area contributed by atoms with Crippen LogP contribution >= 0.6 is 27.5 Å². The van der Waals surface area contributed by atoms with Gasteiger partial charge in [0.2, 0.25) is 5.91 Å². The number of rotatable bonds is 10. The predicted molar refractivity (Wildman–Crippen MR) is 160 cm³/mol. The normalized spacial score (nSPS) is 12.5. The molecule has 2 aromatic heterocycles. The highest BCUT2D eigenvalue weighted by atomic mass is 79.9. The molecule has 2 aromatic carbocycles. The lowest BCUT2D eigenvalue weighted by Crippen LogP contribution is -2.43. The van der Waals surface area contributed by atoms with Gasteiger partial charge in [0.15, 0.2) is 5.65 Å². The maximum absolute atomic E-state index is 12.5. The van der Waals surface area contributed by atoms with Crippen LogP contribution in [0.4, 0.5) is 0 Å². The number of amides is 2. The van der Waals surface area contributed by atoms with Gasteiger partial charge in [0.25, 0.3) is 5.91 Å². The largest absolute Gasteiger partial charge is 0.489 e. The van der Waals surface area contributed by atoms with Crippen molar-refractivity contribution in [2.24, 2.45) is 5.73 Å². The van der Waals surface area contributed by atoms with E-state index in [1.165, 1.54) is 13.8 Å². The molecule has 0 saturated heterocycles. The molecule has 0 fully saturated rings. The standard InChI is InChI=1S/C30H32BrClN4O4/c1-17(2)40-24-12-11-21(27(33)37)25(26(24)32)20(15-34-29(38)30(3,4)39)14-18-7-9-19(10-8-18)23-16-36-13-5-6-22(31)28(36)35-23/h5-13,16-17,20,39H,14-15H2,1-4H3,(H2,33,37)(H,34,38). The van der Waals surface area contributed by atoms with Crippen molar-refractivity contribution in [1.29, 1.82) is 0 Å². The Labute approximate surface area is 246 Å². The second-order valence-corrected chi connectivity index (χ2v) is 11.7. The van der Waals surface area contributed by atoms with Gasteiger partial charge in [0.1, 0.15) is 11.4 Å². The molecule has 0 aliphatic rings. The van der Waals surface area contributed by atoms with Gasteiger partial charge in [0, 0.05) is 36.0 Å². The van der Waals surface area contributed by atoms with Crippen molar-refractivity contribution in [2.45, 2.75) is 51.7 Å². The second-order valence-electron chi connectivity index (χ2n) is 10.4. The maximum Gasteiger partial charge on any atom is 0.251 e. The number of nitrogens with two attached hydrogens (primary N) is 1. The van der Waals surface area contributed by atoms with Crippen molar-refractivity contribution >= 4 is 45.0 Å². The summed E-state index contributed by atoms with van der Waals surface area (Å²) in [6.45, 7) is 6.68. The molecule has 4 aromatic rings. The van der Waals surface area contributed by atoms with Crippen LogP contribution in [0.15, 0.2) is 65.4 Å². The fourth-order valence-electron chi connectivity index (χ4n) is 4.45. The highest BCUT2D eigenvalue weighted by Crippen LogP contribution is 2.38. The van der Waals surface area contributed by atoms with E-state index in [4.69, 9.17) is 27.1 Å². The summed E-state index contributed by atoms with van der Waals surface area (Å²) >= 11 is 10.4. The van der Waals surface area contributed by atoms with E-state index in [2.05, 4.69) is 21.2 Å². The zero-order chi connectivity index (χ0) is 29.2. The molecule has 2 amide bonds. The van der Waals surface area contributed by atoms with Crippen molar-refractivity contribution in [2.75, 3.05) is 6.54 Å². The second kappa shape index (κ2) is 12.0. The molecule has 0 aliphatic heterocycles. The van der Waals surface area contributed by atoms with Crippen LogP contribution in [-0.2, 0) is 11.2 Å². The third-order valence-electron chi connectivity index (χ3n) is 6.41.